The van der Waals surface area contributed by atoms with Crippen LogP contribution in [0.1, 0.15) is 153 Å². The fourth-order valence-corrected chi connectivity index (χ4v) is 10.3. The zero-order valence-corrected chi connectivity index (χ0v) is 41.6. The highest BCUT2D eigenvalue weighted by atomic mass is 28.4. The molecule has 2 aromatic carbocycles. The Morgan fingerprint density at radius 3 is 1.37 bits per heavy atom. The quantitative estimate of drug-likeness (QED) is 0.100. The molecule has 0 radical (unpaired) electrons. The Morgan fingerprint density at radius 2 is 1.03 bits per heavy atom. The predicted octanol–water partition coefficient (Wildman–Crippen LogP) is 15.5. The van der Waals surface area contributed by atoms with Gasteiger partial charge in [-0.25, -0.2) is 0 Å². The summed E-state index contributed by atoms with van der Waals surface area (Å²) in [5.74, 6) is 3.56. The lowest BCUT2D eigenvalue weighted by molar-refractivity contribution is 0.198. The minimum absolute atomic E-state index is 0.0194. The SMILES string of the molecule is C1CCOC1.C=C(C)[C@@H]1CCC(C)=C[C@H]1c1c(O)cc(CCCCC)cc1O.C=C(C)[C@@H]1CCC(C)=C[C@H]1c1c(O[Si](C)(C)C)cc(CCCCC)cc1O[Si](C)(C)C. The Kier molecular flexibility index (Phi) is 20.4. The summed E-state index contributed by atoms with van der Waals surface area (Å²) in [4.78, 5) is 0. The molecule has 59 heavy (non-hydrogen) atoms. The number of aromatic hydroxyl groups is 2. The molecule has 0 spiro atoms. The van der Waals surface area contributed by atoms with Gasteiger partial charge in [0.1, 0.15) is 23.0 Å². The van der Waals surface area contributed by atoms with Crippen molar-refractivity contribution in [1.29, 1.82) is 0 Å². The van der Waals surface area contributed by atoms with E-state index in [2.05, 4.69) is 111 Å². The summed E-state index contributed by atoms with van der Waals surface area (Å²) in [6.45, 7) is 37.2. The van der Waals surface area contributed by atoms with Crippen molar-refractivity contribution in [3.8, 4) is 23.0 Å². The van der Waals surface area contributed by atoms with Gasteiger partial charge in [0, 0.05) is 36.2 Å². The second kappa shape index (κ2) is 23.8. The molecule has 1 fully saturated rings. The van der Waals surface area contributed by atoms with E-state index in [0.29, 0.717) is 11.5 Å². The first-order valence-corrected chi connectivity index (χ1v) is 29.9. The van der Waals surface area contributed by atoms with Crippen LogP contribution in [0.4, 0.5) is 0 Å². The molecular weight excluding hydrogens is 761 g/mol. The van der Waals surface area contributed by atoms with Crippen molar-refractivity contribution in [1.82, 2.24) is 0 Å². The average molecular weight is 845 g/mol. The van der Waals surface area contributed by atoms with Crippen molar-refractivity contribution in [2.75, 3.05) is 13.2 Å². The van der Waals surface area contributed by atoms with Crippen molar-refractivity contribution in [2.24, 2.45) is 11.8 Å². The molecule has 1 heterocycles. The molecule has 2 aliphatic carbocycles. The number of aryl methyl sites for hydroxylation is 2. The van der Waals surface area contributed by atoms with Gasteiger partial charge in [-0.15, -0.1) is 0 Å². The molecule has 5 rings (SSSR count). The van der Waals surface area contributed by atoms with Crippen LogP contribution in [-0.4, -0.2) is 40.1 Å². The molecule has 1 saturated heterocycles. The Hall–Kier alpha value is -3.01. The van der Waals surface area contributed by atoms with Crippen LogP contribution in [0.15, 0.2) is 71.9 Å². The van der Waals surface area contributed by atoms with Crippen LogP contribution in [0.3, 0.4) is 0 Å². The molecular formula is C52H84O5Si2. The van der Waals surface area contributed by atoms with Crippen molar-refractivity contribution >= 4 is 16.6 Å². The monoisotopic (exact) mass is 845 g/mol. The van der Waals surface area contributed by atoms with Crippen LogP contribution < -0.4 is 8.85 Å². The highest BCUT2D eigenvalue weighted by Crippen LogP contribution is 2.49. The fourth-order valence-electron chi connectivity index (χ4n) is 8.60. The van der Waals surface area contributed by atoms with Crippen molar-refractivity contribution in [3.05, 3.63) is 94.1 Å². The first-order chi connectivity index (χ1) is 27.7. The van der Waals surface area contributed by atoms with E-state index in [0.717, 1.165) is 80.8 Å². The summed E-state index contributed by atoms with van der Waals surface area (Å²) in [5, 5.41) is 21.1. The first-order valence-electron chi connectivity index (χ1n) is 23.1. The molecule has 2 aromatic rings. The van der Waals surface area contributed by atoms with Crippen LogP contribution in [0.25, 0.3) is 0 Å². The summed E-state index contributed by atoms with van der Waals surface area (Å²) >= 11 is 0. The smallest absolute Gasteiger partial charge is 0.242 e. The number of ether oxygens (including phenoxy) is 1. The standard InChI is InChI=1S/C27H46O2Si2.C21H30O2.C4H8O/c1-11-12-13-14-22-18-25(28-30(5,6)7)27(26(19-22)29-31(8,9)10)24-17-21(4)15-16-23(24)20(2)3;1-5-6-7-8-16-12-19(22)21(20(23)13-16)18-11-15(4)9-10-17(18)14(2)3;1-2-4-5-3-1/h17-19,23-24H,2,11-16H2,1,3-10H3;11-13,17-18,22-23H,2,5-10H2,1,3-4H3;1-4H2/t23-,24+;17-,18+;/m00./s1. The summed E-state index contributed by atoms with van der Waals surface area (Å²) < 4.78 is 18.5. The number of hydrogen-bond acceptors (Lipinski definition) is 5. The van der Waals surface area contributed by atoms with Gasteiger partial charge < -0.3 is 23.8 Å². The summed E-state index contributed by atoms with van der Waals surface area (Å²) in [6, 6.07) is 8.32. The molecule has 0 aromatic heterocycles. The molecule has 0 saturated carbocycles. The molecule has 330 valence electrons. The minimum Gasteiger partial charge on any atom is -0.544 e. The zero-order chi connectivity index (χ0) is 43.9. The van der Waals surface area contributed by atoms with E-state index in [-0.39, 0.29) is 29.3 Å². The first kappa shape index (κ1) is 50.4. The van der Waals surface area contributed by atoms with Gasteiger partial charge in [-0.05, 0) is 178 Å². The number of hydrogen-bond donors (Lipinski definition) is 2. The highest BCUT2D eigenvalue weighted by molar-refractivity contribution is 6.71. The number of benzene rings is 2. The Balaban J connectivity index is 0.000000290. The maximum absolute atomic E-state index is 10.5. The number of unbranched alkanes of at least 4 members (excludes halogenated alkanes) is 4. The van der Waals surface area contributed by atoms with E-state index >= 15 is 0 Å². The Bertz CT molecular complexity index is 1650. The van der Waals surface area contributed by atoms with Crippen LogP contribution in [0, 0.1) is 11.8 Å². The highest BCUT2D eigenvalue weighted by Gasteiger charge is 2.34. The average Bonchev–Trinajstić information content (AvgIpc) is 3.71. The van der Waals surface area contributed by atoms with Gasteiger partial charge in [-0.2, -0.15) is 0 Å². The van der Waals surface area contributed by atoms with Crippen molar-refractivity contribution in [2.45, 2.75) is 183 Å². The second-order valence-corrected chi connectivity index (χ2v) is 28.6. The number of phenols is 2. The zero-order valence-electron chi connectivity index (χ0n) is 39.6. The van der Waals surface area contributed by atoms with E-state index in [1.165, 1.54) is 72.8 Å². The summed E-state index contributed by atoms with van der Waals surface area (Å²) in [7, 11) is -3.58. The van der Waals surface area contributed by atoms with E-state index < -0.39 is 16.6 Å². The summed E-state index contributed by atoms with van der Waals surface area (Å²) in [5.41, 5.74) is 9.45. The van der Waals surface area contributed by atoms with Gasteiger partial charge in [-0.3, -0.25) is 0 Å². The van der Waals surface area contributed by atoms with E-state index in [1.807, 2.05) is 19.1 Å². The largest absolute Gasteiger partial charge is 0.544 e. The maximum Gasteiger partial charge on any atom is 0.242 e. The molecule has 2 N–H and O–H groups in total. The third-order valence-corrected chi connectivity index (χ3v) is 13.2. The van der Waals surface area contributed by atoms with Gasteiger partial charge in [0.2, 0.25) is 16.6 Å². The fraction of sp³-hybridized carbons (Fsp3) is 0.615. The van der Waals surface area contributed by atoms with Gasteiger partial charge in [-0.1, -0.05) is 87.1 Å². The molecule has 5 nitrogen and oxygen atoms in total. The lowest BCUT2D eigenvalue weighted by Crippen LogP contribution is -2.33. The lowest BCUT2D eigenvalue weighted by atomic mass is 9.73. The van der Waals surface area contributed by atoms with Crippen LogP contribution in [-0.2, 0) is 17.6 Å². The number of phenolic OH excluding ortho intramolecular Hbond substituents is 2. The molecule has 7 heteroatoms. The topological polar surface area (TPSA) is 68.2 Å². The molecule has 0 amide bonds. The Morgan fingerprint density at radius 1 is 0.644 bits per heavy atom. The van der Waals surface area contributed by atoms with Crippen molar-refractivity contribution < 1.29 is 23.8 Å². The Labute approximate surface area is 363 Å². The number of allylic oxidation sites excluding steroid dienone is 6. The number of rotatable bonds is 16. The normalized spacial score (nSPS) is 20.6. The second-order valence-electron chi connectivity index (χ2n) is 19.8. The molecule has 4 atom stereocenters. The minimum atomic E-state index is -1.79. The van der Waals surface area contributed by atoms with E-state index in [9.17, 15) is 10.2 Å². The lowest BCUT2D eigenvalue weighted by Gasteiger charge is -2.35. The van der Waals surface area contributed by atoms with Gasteiger partial charge in [0.15, 0.2) is 0 Å². The maximum atomic E-state index is 10.5. The van der Waals surface area contributed by atoms with Crippen LogP contribution in [0.5, 0.6) is 23.0 Å². The van der Waals surface area contributed by atoms with E-state index in [4.69, 9.17) is 13.6 Å². The third-order valence-electron chi connectivity index (χ3n) is 11.6. The van der Waals surface area contributed by atoms with Crippen LogP contribution in [0.2, 0.25) is 39.3 Å². The molecule has 0 unspecified atom stereocenters. The molecule has 1 aliphatic heterocycles. The van der Waals surface area contributed by atoms with Gasteiger partial charge in [0.05, 0.1) is 0 Å². The van der Waals surface area contributed by atoms with Crippen LogP contribution >= 0.6 is 0 Å². The molecule has 3 aliphatic rings. The third kappa shape index (κ3) is 16.8. The van der Waals surface area contributed by atoms with Gasteiger partial charge in [0.25, 0.3) is 0 Å². The van der Waals surface area contributed by atoms with Gasteiger partial charge >= 0.3 is 0 Å². The van der Waals surface area contributed by atoms with E-state index in [1.54, 1.807) is 0 Å². The predicted molar refractivity (Wildman–Crippen MR) is 259 cm³/mol. The van der Waals surface area contributed by atoms with Crippen molar-refractivity contribution in [3.63, 3.8) is 0 Å². The molecule has 0 bridgehead atoms. The summed E-state index contributed by atoms with van der Waals surface area (Å²) in [6.07, 6.45) is 20.7.